The minimum atomic E-state index is -4.51. The van der Waals surface area contributed by atoms with Crippen molar-refractivity contribution in [3.63, 3.8) is 0 Å². The average molecular weight is 478 g/mol. The maximum absolute atomic E-state index is 13.2. The zero-order valence-electron chi connectivity index (χ0n) is 18.3. The van der Waals surface area contributed by atoms with Crippen LogP contribution in [0.1, 0.15) is 44.6 Å². The Labute approximate surface area is 194 Å². The van der Waals surface area contributed by atoms with Gasteiger partial charge in [0.15, 0.2) is 5.16 Å². The molecule has 0 radical (unpaired) electrons. The lowest BCUT2D eigenvalue weighted by Crippen LogP contribution is -2.23. The summed E-state index contributed by atoms with van der Waals surface area (Å²) in [7, 11) is 0. The van der Waals surface area contributed by atoms with Gasteiger partial charge in [-0.1, -0.05) is 43.3 Å². The van der Waals surface area contributed by atoms with E-state index in [9.17, 15) is 22.8 Å². The molecule has 0 aliphatic rings. The lowest BCUT2D eigenvalue weighted by atomic mass is 10.2. The van der Waals surface area contributed by atoms with Gasteiger partial charge in [-0.3, -0.25) is 14.2 Å². The van der Waals surface area contributed by atoms with Gasteiger partial charge < -0.3 is 5.32 Å². The molecule has 3 aromatic rings. The predicted molar refractivity (Wildman–Crippen MR) is 125 cm³/mol. The molecule has 0 bridgehead atoms. The van der Waals surface area contributed by atoms with E-state index in [1.165, 1.54) is 28.5 Å². The van der Waals surface area contributed by atoms with E-state index in [0.29, 0.717) is 34.8 Å². The van der Waals surface area contributed by atoms with E-state index in [-0.39, 0.29) is 11.6 Å². The van der Waals surface area contributed by atoms with Gasteiger partial charge in [0.2, 0.25) is 5.91 Å². The van der Waals surface area contributed by atoms with Crippen molar-refractivity contribution in [2.24, 2.45) is 0 Å². The molecule has 176 valence electrons. The van der Waals surface area contributed by atoms with Crippen molar-refractivity contribution in [2.75, 3.05) is 12.3 Å². The summed E-state index contributed by atoms with van der Waals surface area (Å²) in [6.45, 7) is 2.67. The summed E-state index contributed by atoms with van der Waals surface area (Å²) in [5.74, 6) is 0.666. The molecule has 0 atom stereocenters. The number of nitrogens with one attached hydrogen (secondary N) is 1. The van der Waals surface area contributed by atoms with Crippen LogP contribution in [0.3, 0.4) is 0 Å². The fourth-order valence-electron chi connectivity index (χ4n) is 3.34. The SMILES string of the molecule is CCCNC(=O)CCCCCSc1nc2ccccc2c(=O)n1-c1cccc(C(F)(F)F)c1. The number of benzene rings is 2. The Kier molecular flexibility index (Phi) is 8.55. The molecule has 0 aliphatic heterocycles. The van der Waals surface area contributed by atoms with E-state index in [1.807, 2.05) is 6.92 Å². The van der Waals surface area contributed by atoms with Crippen LogP contribution in [0.4, 0.5) is 13.2 Å². The molecule has 1 heterocycles. The Balaban J connectivity index is 1.79. The first-order valence-corrected chi connectivity index (χ1v) is 11.9. The molecule has 1 amide bonds. The van der Waals surface area contributed by atoms with Crippen molar-refractivity contribution in [3.8, 4) is 5.69 Å². The van der Waals surface area contributed by atoms with Gasteiger partial charge in [0, 0.05) is 18.7 Å². The van der Waals surface area contributed by atoms with Crippen LogP contribution in [0.15, 0.2) is 58.5 Å². The number of aromatic nitrogens is 2. The number of amides is 1. The Bertz CT molecular complexity index is 1160. The van der Waals surface area contributed by atoms with Crippen LogP contribution in [0.2, 0.25) is 0 Å². The summed E-state index contributed by atoms with van der Waals surface area (Å²) in [5, 5.41) is 3.53. The fraction of sp³-hybridized carbons (Fsp3) is 0.375. The lowest BCUT2D eigenvalue weighted by Gasteiger charge is -2.15. The third kappa shape index (κ3) is 6.60. The van der Waals surface area contributed by atoms with Gasteiger partial charge in [-0.2, -0.15) is 13.2 Å². The molecule has 0 saturated carbocycles. The summed E-state index contributed by atoms with van der Waals surface area (Å²) in [6.07, 6.45) is -0.782. The molecule has 1 N–H and O–H groups in total. The fourth-order valence-corrected chi connectivity index (χ4v) is 4.35. The van der Waals surface area contributed by atoms with Crippen molar-refractivity contribution in [3.05, 3.63) is 64.4 Å². The third-order valence-electron chi connectivity index (χ3n) is 5.03. The van der Waals surface area contributed by atoms with Crippen LogP contribution in [-0.4, -0.2) is 27.8 Å². The molecule has 1 aromatic heterocycles. The van der Waals surface area contributed by atoms with E-state index in [2.05, 4.69) is 10.3 Å². The van der Waals surface area contributed by atoms with Crippen molar-refractivity contribution >= 4 is 28.6 Å². The van der Waals surface area contributed by atoms with Gasteiger partial charge in [-0.15, -0.1) is 0 Å². The van der Waals surface area contributed by atoms with Crippen molar-refractivity contribution < 1.29 is 18.0 Å². The average Bonchev–Trinajstić information content (AvgIpc) is 2.79. The van der Waals surface area contributed by atoms with Crippen LogP contribution in [0.25, 0.3) is 16.6 Å². The first kappa shape index (κ1) is 24.8. The van der Waals surface area contributed by atoms with E-state index in [1.54, 1.807) is 24.3 Å². The minimum absolute atomic E-state index is 0.0408. The van der Waals surface area contributed by atoms with Gasteiger partial charge in [0.1, 0.15) is 0 Å². The van der Waals surface area contributed by atoms with Crippen molar-refractivity contribution in [2.45, 2.75) is 50.4 Å². The normalized spacial score (nSPS) is 11.6. The van der Waals surface area contributed by atoms with E-state index < -0.39 is 17.3 Å². The Morgan fingerprint density at radius 3 is 2.64 bits per heavy atom. The first-order valence-electron chi connectivity index (χ1n) is 10.9. The van der Waals surface area contributed by atoms with Gasteiger partial charge in [0.05, 0.1) is 22.2 Å². The molecule has 0 spiro atoms. The molecular weight excluding hydrogens is 451 g/mol. The molecule has 0 fully saturated rings. The molecule has 33 heavy (non-hydrogen) atoms. The quantitative estimate of drug-likeness (QED) is 0.235. The zero-order chi connectivity index (χ0) is 23.8. The largest absolute Gasteiger partial charge is 0.416 e. The topological polar surface area (TPSA) is 64.0 Å². The minimum Gasteiger partial charge on any atom is -0.356 e. The van der Waals surface area contributed by atoms with Crippen LogP contribution in [-0.2, 0) is 11.0 Å². The maximum Gasteiger partial charge on any atom is 0.416 e. The predicted octanol–water partition coefficient (Wildman–Crippen LogP) is 5.58. The van der Waals surface area contributed by atoms with Gasteiger partial charge in [-0.25, -0.2) is 4.98 Å². The number of fused-ring (bicyclic) bond motifs is 1. The maximum atomic E-state index is 13.2. The summed E-state index contributed by atoms with van der Waals surface area (Å²) >= 11 is 1.33. The highest BCUT2D eigenvalue weighted by atomic mass is 32.2. The number of rotatable bonds is 10. The molecule has 0 saturated heterocycles. The van der Waals surface area contributed by atoms with Crippen LogP contribution in [0, 0.1) is 0 Å². The number of hydrogen-bond acceptors (Lipinski definition) is 4. The number of unbranched alkanes of at least 4 members (excludes halogenated alkanes) is 2. The second kappa shape index (κ2) is 11.4. The summed E-state index contributed by atoms with van der Waals surface area (Å²) in [6, 6.07) is 11.5. The molecule has 3 rings (SSSR count). The van der Waals surface area contributed by atoms with Crippen molar-refractivity contribution in [1.29, 1.82) is 0 Å². The number of hydrogen-bond donors (Lipinski definition) is 1. The number of para-hydroxylation sites is 1. The first-order chi connectivity index (χ1) is 15.8. The lowest BCUT2D eigenvalue weighted by molar-refractivity contribution is -0.137. The summed E-state index contributed by atoms with van der Waals surface area (Å²) in [4.78, 5) is 29.4. The zero-order valence-corrected chi connectivity index (χ0v) is 19.1. The number of carbonyl (C=O) groups excluding carboxylic acids is 1. The summed E-state index contributed by atoms with van der Waals surface area (Å²) in [5.41, 5.74) is -0.601. The number of carbonyl (C=O) groups is 1. The van der Waals surface area contributed by atoms with Crippen LogP contribution >= 0.6 is 11.8 Å². The second-order valence-electron chi connectivity index (χ2n) is 7.61. The molecule has 9 heteroatoms. The molecule has 0 unspecified atom stereocenters. The molecular formula is C24H26F3N3O2S. The molecule has 0 aliphatic carbocycles. The van der Waals surface area contributed by atoms with E-state index >= 15 is 0 Å². The van der Waals surface area contributed by atoms with Gasteiger partial charge in [-0.05, 0) is 49.6 Å². The monoisotopic (exact) mass is 477 g/mol. The smallest absolute Gasteiger partial charge is 0.356 e. The molecule has 2 aromatic carbocycles. The highest BCUT2D eigenvalue weighted by molar-refractivity contribution is 7.99. The van der Waals surface area contributed by atoms with Crippen molar-refractivity contribution in [1.82, 2.24) is 14.9 Å². The van der Waals surface area contributed by atoms with Crippen LogP contribution < -0.4 is 10.9 Å². The Morgan fingerprint density at radius 2 is 1.88 bits per heavy atom. The van der Waals surface area contributed by atoms with E-state index in [4.69, 9.17) is 0 Å². The second-order valence-corrected chi connectivity index (χ2v) is 8.67. The standard InChI is InChI=1S/C24H26F3N3O2S/c1-2-14-28-21(31)13-4-3-7-15-33-23-29-20-12-6-5-11-19(20)22(32)30(23)18-10-8-9-17(16-18)24(25,26)27/h5-6,8-12,16H,2-4,7,13-15H2,1H3,(H,28,31). The Hall–Kier alpha value is -2.81. The highest BCUT2D eigenvalue weighted by Gasteiger charge is 2.30. The highest BCUT2D eigenvalue weighted by Crippen LogP contribution is 2.31. The number of thioether (sulfide) groups is 1. The number of nitrogens with zero attached hydrogens (tertiary/aromatic N) is 2. The Morgan fingerprint density at radius 1 is 1.09 bits per heavy atom. The van der Waals surface area contributed by atoms with Crippen LogP contribution in [0.5, 0.6) is 0 Å². The summed E-state index contributed by atoms with van der Waals surface area (Å²) < 4.78 is 41.0. The number of halogens is 3. The third-order valence-corrected chi connectivity index (χ3v) is 6.05. The molecule has 5 nitrogen and oxygen atoms in total. The van der Waals surface area contributed by atoms with Gasteiger partial charge >= 0.3 is 6.18 Å². The number of alkyl halides is 3. The van der Waals surface area contributed by atoms with Gasteiger partial charge in [0.25, 0.3) is 5.56 Å². The van der Waals surface area contributed by atoms with E-state index in [0.717, 1.165) is 37.8 Å².